The fraction of sp³-hybridized carbons (Fsp3) is 0.812. The first kappa shape index (κ1) is 69.1. The van der Waals surface area contributed by atoms with Gasteiger partial charge in [-0.1, -0.05) is 11.5 Å². The summed E-state index contributed by atoms with van der Waals surface area (Å²) in [6.07, 6.45) is 0.0328. The highest BCUT2D eigenvalue weighted by Crippen LogP contribution is 2.20. The predicted molar refractivity (Wildman–Crippen MR) is 272 cm³/mol. The van der Waals surface area contributed by atoms with Crippen molar-refractivity contribution in [3.63, 3.8) is 0 Å². The molecule has 0 radical (unpaired) electrons. The summed E-state index contributed by atoms with van der Waals surface area (Å²) in [4.78, 5) is 124. The number of ether oxygens (including phenoxy) is 6. The lowest BCUT2D eigenvalue weighted by atomic mass is 9.90. The van der Waals surface area contributed by atoms with Gasteiger partial charge in [-0.25, -0.2) is 9.59 Å². The van der Waals surface area contributed by atoms with E-state index in [1.165, 1.54) is 0 Å². The summed E-state index contributed by atoms with van der Waals surface area (Å²) in [5.41, 5.74) is 19.8. The third kappa shape index (κ3) is 37.7. The fourth-order valence-electron chi connectivity index (χ4n) is 6.52. The van der Waals surface area contributed by atoms with E-state index < -0.39 is 64.8 Å². The summed E-state index contributed by atoms with van der Waals surface area (Å²) in [6, 6.07) is -2.14. The number of amides is 7. The Bertz CT molecular complexity index is 1640. The average Bonchev–Trinajstić information content (AvgIpc) is 3.31. The molecule has 0 aromatic rings. The van der Waals surface area contributed by atoms with E-state index >= 15 is 0 Å². The summed E-state index contributed by atoms with van der Waals surface area (Å²) in [6.45, 7) is 10.9. The van der Waals surface area contributed by atoms with Gasteiger partial charge in [-0.2, -0.15) is 0 Å². The maximum atomic E-state index is 14.4. The molecular formula is C48H90N10O16. The van der Waals surface area contributed by atoms with E-state index in [1.807, 2.05) is 0 Å². The number of rotatable bonds is 43. The standard InChI is InChI=1S/C48H90N10O16/c1-47(2,3)73-45(66)58(46(67)74-48(4,5)6)72-25-13-17-38(59)36(15-8-11-23-54-41(62)32-69-27-19-50)57-44(65)35(14-7-10-22-53-40(61)31-68-26-18-49)30-39(60)37(56-43(64)34-71-29-21-52)16-9-12-24-55-42(63)33-70-28-20-51/h35-37H,7-34,49-52H2,1-6H3,(H,53,61)(H,54,62)(H,55,63)(H,56,64)(H,57,65)/t35-,36+,37+/m1/s1. The van der Waals surface area contributed by atoms with E-state index in [-0.39, 0.29) is 162 Å². The van der Waals surface area contributed by atoms with Crippen molar-refractivity contribution in [1.29, 1.82) is 0 Å². The van der Waals surface area contributed by atoms with Gasteiger partial charge in [0, 0.05) is 64.6 Å². The van der Waals surface area contributed by atoms with Crippen molar-refractivity contribution in [2.45, 2.75) is 142 Å². The molecule has 13 N–H and O–H groups in total. The maximum Gasteiger partial charge on any atom is 0.444 e. The molecule has 0 aliphatic carbocycles. The predicted octanol–water partition coefficient (Wildman–Crippen LogP) is -0.255. The van der Waals surface area contributed by atoms with Crippen LogP contribution in [0.4, 0.5) is 9.59 Å². The summed E-state index contributed by atoms with van der Waals surface area (Å²) >= 11 is 0. The zero-order chi connectivity index (χ0) is 55.8. The lowest BCUT2D eigenvalue weighted by molar-refractivity contribution is -0.141. The van der Waals surface area contributed by atoms with Crippen molar-refractivity contribution in [2.75, 3.05) is 105 Å². The number of imide groups is 1. The van der Waals surface area contributed by atoms with Gasteiger partial charge < -0.3 is 77.9 Å². The molecule has 26 nitrogen and oxygen atoms in total. The Morgan fingerprint density at radius 3 is 1.23 bits per heavy atom. The van der Waals surface area contributed by atoms with Crippen LogP contribution in [0.2, 0.25) is 0 Å². The topological polar surface area (TPSA) is 386 Å². The maximum absolute atomic E-state index is 14.4. The smallest absolute Gasteiger partial charge is 0.442 e. The van der Waals surface area contributed by atoms with Crippen molar-refractivity contribution in [3.05, 3.63) is 0 Å². The Morgan fingerprint density at radius 2 is 0.838 bits per heavy atom. The number of Topliss-reactive ketones (excluding diaryl/α,β-unsaturated/α-hetero) is 2. The molecule has 0 saturated carbocycles. The number of hydrogen-bond acceptors (Lipinski definition) is 20. The largest absolute Gasteiger partial charge is 0.444 e. The molecule has 0 aliphatic rings. The summed E-state index contributed by atoms with van der Waals surface area (Å²) < 4.78 is 31.5. The number of unbranched alkanes of at least 4 members (excludes halogenated alkanes) is 3. The van der Waals surface area contributed by atoms with Gasteiger partial charge in [-0.15, -0.1) is 0 Å². The van der Waals surface area contributed by atoms with Gasteiger partial charge in [-0.3, -0.25) is 38.4 Å². The Morgan fingerprint density at radius 1 is 0.459 bits per heavy atom. The molecule has 0 bridgehead atoms. The zero-order valence-electron chi connectivity index (χ0n) is 44.8. The average molecular weight is 1060 g/mol. The molecule has 0 fully saturated rings. The van der Waals surface area contributed by atoms with E-state index in [2.05, 4.69) is 26.6 Å². The number of hydrogen-bond donors (Lipinski definition) is 9. The Labute approximate surface area is 436 Å². The van der Waals surface area contributed by atoms with Crippen LogP contribution < -0.4 is 49.5 Å². The first-order chi connectivity index (χ1) is 35.1. The number of carbonyl (C=O) groups is 9. The number of nitrogens with zero attached hydrogens (tertiary/aromatic N) is 1. The molecule has 26 heteroatoms. The molecule has 0 unspecified atom stereocenters. The van der Waals surface area contributed by atoms with E-state index in [9.17, 15) is 43.2 Å². The molecule has 74 heavy (non-hydrogen) atoms. The van der Waals surface area contributed by atoms with Crippen LogP contribution in [0.1, 0.15) is 119 Å². The zero-order valence-corrected chi connectivity index (χ0v) is 44.8. The minimum absolute atomic E-state index is 0.0147. The number of nitrogens with two attached hydrogens (primary N) is 4. The van der Waals surface area contributed by atoms with Gasteiger partial charge in [-0.05, 0) is 99.3 Å². The Balaban J connectivity index is 6.51. The quantitative estimate of drug-likeness (QED) is 0.0281. The first-order valence-corrected chi connectivity index (χ1v) is 25.5. The third-order valence-corrected chi connectivity index (χ3v) is 9.92. The van der Waals surface area contributed by atoms with Gasteiger partial charge in [0.2, 0.25) is 29.5 Å². The number of nitrogens with one attached hydrogen (secondary N) is 5. The van der Waals surface area contributed by atoms with Crippen LogP contribution >= 0.6 is 0 Å². The Kier molecular flexibility index (Phi) is 38.6. The molecule has 0 aromatic carbocycles. The van der Waals surface area contributed by atoms with Crippen LogP contribution in [0.25, 0.3) is 0 Å². The molecule has 3 atom stereocenters. The Hall–Kier alpha value is -4.93. The van der Waals surface area contributed by atoms with Gasteiger partial charge in [0.25, 0.3) is 0 Å². The molecule has 0 heterocycles. The monoisotopic (exact) mass is 1060 g/mol. The van der Waals surface area contributed by atoms with Crippen LogP contribution in [-0.4, -0.2) is 187 Å². The van der Waals surface area contributed by atoms with Gasteiger partial charge in [0.05, 0.1) is 45.1 Å². The minimum atomic E-state index is -1.13. The van der Waals surface area contributed by atoms with Crippen LogP contribution in [0, 0.1) is 5.92 Å². The van der Waals surface area contributed by atoms with Gasteiger partial charge in [0.1, 0.15) is 37.6 Å². The van der Waals surface area contributed by atoms with Crippen molar-refractivity contribution in [1.82, 2.24) is 31.6 Å². The third-order valence-electron chi connectivity index (χ3n) is 9.92. The molecule has 0 saturated heterocycles. The molecule has 428 valence electrons. The van der Waals surface area contributed by atoms with Gasteiger partial charge >= 0.3 is 12.2 Å². The number of carbonyl (C=O) groups excluding carboxylic acids is 9. The normalized spacial score (nSPS) is 12.7. The molecule has 0 aliphatic heterocycles. The molecular weight excluding hydrogens is 973 g/mol. The molecule has 0 rings (SSSR count). The van der Waals surface area contributed by atoms with Crippen molar-refractivity contribution < 1.29 is 76.4 Å². The van der Waals surface area contributed by atoms with Crippen LogP contribution in [0.3, 0.4) is 0 Å². The SMILES string of the molecule is CC(C)(C)OC(=O)N(OCCCC(=O)[C@H](CCCCNC(=O)COCCN)NC(=O)[C@H](CCCCNC(=O)COCCN)CC(=O)[C@H](CCCCNC(=O)COCCN)NC(=O)COCCN)C(=O)OC(C)(C)C. The van der Waals surface area contributed by atoms with E-state index in [0.29, 0.717) is 43.6 Å². The second-order valence-electron chi connectivity index (χ2n) is 19.1. The highest BCUT2D eigenvalue weighted by molar-refractivity contribution is 5.94. The summed E-state index contributed by atoms with van der Waals surface area (Å²) in [7, 11) is 0. The van der Waals surface area contributed by atoms with E-state index in [1.54, 1.807) is 41.5 Å². The summed E-state index contributed by atoms with van der Waals surface area (Å²) in [5, 5.41) is 14.1. The minimum Gasteiger partial charge on any atom is -0.442 e. The van der Waals surface area contributed by atoms with E-state index in [0.717, 1.165) is 0 Å². The van der Waals surface area contributed by atoms with Crippen LogP contribution in [-0.2, 0) is 66.8 Å². The number of hydroxylamine groups is 2. The lowest BCUT2D eigenvalue weighted by Crippen LogP contribution is -2.47. The van der Waals surface area contributed by atoms with Crippen molar-refractivity contribution in [2.24, 2.45) is 28.9 Å². The second-order valence-corrected chi connectivity index (χ2v) is 19.1. The first-order valence-electron chi connectivity index (χ1n) is 25.5. The van der Waals surface area contributed by atoms with Crippen molar-refractivity contribution in [3.8, 4) is 0 Å². The molecule has 7 amide bonds. The fourth-order valence-corrected chi connectivity index (χ4v) is 6.52. The summed E-state index contributed by atoms with van der Waals surface area (Å²) in [5.74, 6) is -4.14. The van der Waals surface area contributed by atoms with Crippen LogP contribution in [0.15, 0.2) is 0 Å². The van der Waals surface area contributed by atoms with Gasteiger partial charge in [0.15, 0.2) is 11.6 Å². The molecule has 0 aromatic heterocycles. The number of ketones is 2. The van der Waals surface area contributed by atoms with E-state index in [4.69, 9.17) is 56.2 Å². The highest BCUT2D eigenvalue weighted by atomic mass is 16.8. The molecule has 0 spiro atoms. The van der Waals surface area contributed by atoms with Crippen LogP contribution in [0.5, 0.6) is 0 Å². The highest BCUT2D eigenvalue weighted by Gasteiger charge is 2.34. The second kappa shape index (κ2) is 41.3. The lowest BCUT2D eigenvalue weighted by Gasteiger charge is -2.27. The van der Waals surface area contributed by atoms with Crippen molar-refractivity contribution >= 4 is 53.3 Å².